The fourth-order valence-corrected chi connectivity index (χ4v) is 2.58. The number of nitrogens with zero attached hydrogens (tertiary/aromatic N) is 1. The number of anilines is 1. The van der Waals surface area contributed by atoms with Crippen LogP contribution in [0, 0.1) is 0 Å². The summed E-state index contributed by atoms with van der Waals surface area (Å²) >= 11 is 0. The number of nitrogens with two attached hydrogens (primary N) is 1. The predicted octanol–water partition coefficient (Wildman–Crippen LogP) is 2.10. The molecule has 1 aliphatic heterocycles. The minimum Gasteiger partial charge on any atom is -0.374 e. The molecule has 1 aromatic carbocycles. The molecule has 1 saturated carbocycles. The van der Waals surface area contributed by atoms with E-state index in [1.54, 1.807) is 0 Å². The summed E-state index contributed by atoms with van der Waals surface area (Å²) in [6, 6.07) is 6.92. The van der Waals surface area contributed by atoms with Crippen LogP contribution in [-0.2, 0) is 12.8 Å². The van der Waals surface area contributed by atoms with E-state index >= 15 is 0 Å². The fraction of sp³-hybridized carbons (Fsp3) is 0.571. The van der Waals surface area contributed by atoms with E-state index < -0.39 is 0 Å². The molecule has 1 aliphatic carbocycles. The maximum Gasteiger partial charge on any atom is 0.0397 e. The summed E-state index contributed by atoms with van der Waals surface area (Å²) in [6.45, 7) is 1.17. The lowest BCUT2D eigenvalue weighted by Crippen LogP contribution is -2.22. The van der Waals surface area contributed by atoms with Crippen LogP contribution in [0.3, 0.4) is 0 Å². The molecule has 0 radical (unpaired) electrons. The van der Waals surface area contributed by atoms with Crippen molar-refractivity contribution in [2.24, 2.45) is 5.73 Å². The molecule has 0 bridgehead atoms. The van der Waals surface area contributed by atoms with Crippen LogP contribution in [-0.4, -0.2) is 19.1 Å². The Kier molecular flexibility index (Phi) is 2.21. The van der Waals surface area contributed by atoms with E-state index in [0.717, 1.165) is 12.8 Å². The van der Waals surface area contributed by atoms with Gasteiger partial charge in [-0.25, -0.2) is 0 Å². The SMILES string of the molecule is CN1CCc2cc(CCC3(N)CC3)ccc21. The molecule has 1 aromatic rings. The molecule has 0 amide bonds. The van der Waals surface area contributed by atoms with Crippen LogP contribution in [0.25, 0.3) is 0 Å². The zero-order valence-electron chi connectivity index (χ0n) is 10.00. The van der Waals surface area contributed by atoms with Gasteiger partial charge in [0.25, 0.3) is 0 Å². The van der Waals surface area contributed by atoms with E-state index in [2.05, 4.69) is 30.1 Å². The first-order chi connectivity index (χ1) is 7.66. The highest BCUT2D eigenvalue weighted by Crippen LogP contribution is 2.37. The molecule has 2 heteroatoms. The van der Waals surface area contributed by atoms with E-state index in [1.165, 1.54) is 42.6 Å². The summed E-state index contributed by atoms with van der Waals surface area (Å²) in [5, 5.41) is 0. The smallest absolute Gasteiger partial charge is 0.0397 e. The van der Waals surface area contributed by atoms with Gasteiger partial charge in [0.1, 0.15) is 0 Å². The highest BCUT2D eigenvalue weighted by atomic mass is 15.1. The van der Waals surface area contributed by atoms with Gasteiger partial charge in [-0.15, -0.1) is 0 Å². The third-order valence-electron chi connectivity index (χ3n) is 4.08. The van der Waals surface area contributed by atoms with Crippen molar-refractivity contribution in [2.75, 3.05) is 18.5 Å². The third kappa shape index (κ3) is 1.82. The highest BCUT2D eigenvalue weighted by Gasteiger charge is 2.37. The molecule has 3 rings (SSSR count). The largest absolute Gasteiger partial charge is 0.374 e. The van der Waals surface area contributed by atoms with Crippen molar-refractivity contribution in [1.29, 1.82) is 0 Å². The lowest BCUT2D eigenvalue weighted by atomic mass is 10.0. The number of fused-ring (bicyclic) bond motifs is 1. The third-order valence-corrected chi connectivity index (χ3v) is 4.08. The van der Waals surface area contributed by atoms with Crippen LogP contribution >= 0.6 is 0 Å². The summed E-state index contributed by atoms with van der Waals surface area (Å²) in [5.41, 5.74) is 10.7. The van der Waals surface area contributed by atoms with E-state index in [4.69, 9.17) is 5.73 Å². The number of likely N-dealkylation sites (N-methyl/N-ethyl adjacent to an activating group) is 1. The lowest BCUT2D eigenvalue weighted by Gasteiger charge is -2.13. The Morgan fingerprint density at radius 2 is 2.19 bits per heavy atom. The Labute approximate surface area is 97.4 Å². The van der Waals surface area contributed by atoms with Gasteiger partial charge in [0, 0.05) is 24.8 Å². The maximum atomic E-state index is 6.12. The van der Waals surface area contributed by atoms with Crippen molar-refractivity contribution in [2.45, 2.75) is 37.6 Å². The van der Waals surface area contributed by atoms with Crippen molar-refractivity contribution >= 4 is 5.69 Å². The zero-order valence-corrected chi connectivity index (χ0v) is 10.00. The van der Waals surface area contributed by atoms with Crippen LogP contribution in [0.5, 0.6) is 0 Å². The van der Waals surface area contributed by atoms with Crippen molar-refractivity contribution in [3.8, 4) is 0 Å². The highest BCUT2D eigenvalue weighted by molar-refractivity contribution is 5.58. The predicted molar refractivity (Wildman–Crippen MR) is 67.9 cm³/mol. The molecule has 0 unspecified atom stereocenters. The molecular weight excluding hydrogens is 196 g/mol. The van der Waals surface area contributed by atoms with Gasteiger partial charge >= 0.3 is 0 Å². The summed E-state index contributed by atoms with van der Waals surface area (Å²) in [4.78, 5) is 2.34. The van der Waals surface area contributed by atoms with Gasteiger partial charge in [-0.2, -0.15) is 0 Å². The molecule has 86 valence electrons. The van der Waals surface area contributed by atoms with Crippen molar-refractivity contribution in [3.05, 3.63) is 29.3 Å². The van der Waals surface area contributed by atoms with Gasteiger partial charge in [0.2, 0.25) is 0 Å². The molecule has 1 heterocycles. The summed E-state index contributed by atoms with van der Waals surface area (Å²) in [6.07, 6.45) is 5.95. The standard InChI is InChI=1S/C14H20N2/c1-16-9-5-12-10-11(2-3-13(12)16)4-6-14(15)7-8-14/h2-3,10H,4-9,15H2,1H3. The second-order valence-corrected chi connectivity index (χ2v) is 5.50. The van der Waals surface area contributed by atoms with Gasteiger partial charge in [-0.05, 0) is 49.3 Å². The Morgan fingerprint density at radius 1 is 1.38 bits per heavy atom. The molecular formula is C14H20N2. The zero-order chi connectivity index (χ0) is 11.2. The van der Waals surface area contributed by atoms with Gasteiger partial charge in [-0.3, -0.25) is 0 Å². The molecule has 1 fully saturated rings. The first kappa shape index (κ1) is 10.2. The van der Waals surface area contributed by atoms with E-state index in [1.807, 2.05) is 0 Å². The fourth-order valence-electron chi connectivity index (χ4n) is 2.58. The molecule has 2 nitrogen and oxygen atoms in total. The van der Waals surface area contributed by atoms with Crippen LogP contribution in [0.4, 0.5) is 5.69 Å². The summed E-state index contributed by atoms with van der Waals surface area (Å²) < 4.78 is 0. The van der Waals surface area contributed by atoms with Gasteiger partial charge in [0.15, 0.2) is 0 Å². The minimum absolute atomic E-state index is 0.190. The number of aryl methyl sites for hydroxylation is 1. The summed E-state index contributed by atoms with van der Waals surface area (Å²) in [5.74, 6) is 0. The first-order valence-corrected chi connectivity index (χ1v) is 6.28. The molecule has 0 aromatic heterocycles. The van der Waals surface area contributed by atoms with E-state index in [-0.39, 0.29) is 5.54 Å². The van der Waals surface area contributed by atoms with Gasteiger partial charge in [0.05, 0.1) is 0 Å². The van der Waals surface area contributed by atoms with E-state index in [0.29, 0.717) is 0 Å². The van der Waals surface area contributed by atoms with Crippen LogP contribution in [0.15, 0.2) is 18.2 Å². The normalized spacial score (nSPS) is 21.0. The average molecular weight is 216 g/mol. The first-order valence-electron chi connectivity index (χ1n) is 6.28. The van der Waals surface area contributed by atoms with Crippen LogP contribution in [0.2, 0.25) is 0 Å². The topological polar surface area (TPSA) is 29.3 Å². The van der Waals surface area contributed by atoms with Gasteiger partial charge in [-0.1, -0.05) is 12.1 Å². The second kappa shape index (κ2) is 3.49. The quantitative estimate of drug-likeness (QED) is 0.838. The number of benzene rings is 1. The molecule has 0 atom stereocenters. The van der Waals surface area contributed by atoms with Crippen molar-refractivity contribution in [3.63, 3.8) is 0 Å². The lowest BCUT2D eigenvalue weighted by molar-refractivity contribution is 0.609. The van der Waals surface area contributed by atoms with Crippen molar-refractivity contribution < 1.29 is 0 Å². The van der Waals surface area contributed by atoms with E-state index in [9.17, 15) is 0 Å². The summed E-state index contributed by atoms with van der Waals surface area (Å²) in [7, 11) is 2.17. The number of hydrogen-bond acceptors (Lipinski definition) is 2. The molecule has 2 N–H and O–H groups in total. The Hall–Kier alpha value is -1.02. The Morgan fingerprint density at radius 3 is 2.94 bits per heavy atom. The average Bonchev–Trinajstić information content (AvgIpc) is 2.91. The number of hydrogen-bond donors (Lipinski definition) is 1. The molecule has 0 spiro atoms. The number of rotatable bonds is 3. The van der Waals surface area contributed by atoms with Crippen molar-refractivity contribution in [1.82, 2.24) is 0 Å². The van der Waals surface area contributed by atoms with Crippen LogP contribution < -0.4 is 10.6 Å². The molecule has 0 saturated heterocycles. The second-order valence-electron chi connectivity index (χ2n) is 5.50. The Balaban J connectivity index is 1.72. The minimum atomic E-state index is 0.190. The molecule has 2 aliphatic rings. The monoisotopic (exact) mass is 216 g/mol. The van der Waals surface area contributed by atoms with Crippen LogP contribution in [0.1, 0.15) is 30.4 Å². The van der Waals surface area contributed by atoms with Gasteiger partial charge < -0.3 is 10.6 Å². The Bertz CT molecular complexity index is 407. The maximum absolute atomic E-state index is 6.12. The molecule has 16 heavy (non-hydrogen) atoms.